The van der Waals surface area contributed by atoms with Gasteiger partial charge >= 0.3 is 0 Å². The number of halogens is 2. The van der Waals surface area contributed by atoms with Crippen molar-refractivity contribution in [2.75, 3.05) is 12.8 Å². The molecular formula is C13H19F2NO2S. The van der Waals surface area contributed by atoms with Crippen LogP contribution < -0.4 is 5.32 Å². The van der Waals surface area contributed by atoms with Crippen molar-refractivity contribution >= 4 is 9.84 Å². The minimum Gasteiger partial charge on any atom is -0.317 e. The minimum absolute atomic E-state index is 0.175. The van der Waals surface area contributed by atoms with Crippen molar-refractivity contribution in [1.29, 1.82) is 0 Å². The molecule has 19 heavy (non-hydrogen) atoms. The molecule has 0 aromatic heterocycles. The van der Waals surface area contributed by atoms with Crippen molar-refractivity contribution in [1.82, 2.24) is 5.32 Å². The standard InChI is InChI=1S/C13H19F2NO2S/c1-3-11(16-2)5-4-8-19(17,18)13-9-10(14)6-7-12(13)15/h6-7,9,11,16H,3-5,8H2,1-2H3. The van der Waals surface area contributed by atoms with Crippen LogP contribution in [0.3, 0.4) is 0 Å². The first-order chi connectivity index (χ1) is 8.90. The number of rotatable bonds is 7. The van der Waals surface area contributed by atoms with Gasteiger partial charge in [0.25, 0.3) is 0 Å². The lowest BCUT2D eigenvalue weighted by molar-refractivity contribution is 0.499. The van der Waals surface area contributed by atoms with Gasteiger partial charge in [0.05, 0.1) is 5.75 Å². The van der Waals surface area contributed by atoms with Gasteiger partial charge in [-0.15, -0.1) is 0 Å². The van der Waals surface area contributed by atoms with Crippen LogP contribution in [-0.4, -0.2) is 27.3 Å². The van der Waals surface area contributed by atoms with Crippen LogP contribution in [0.15, 0.2) is 23.1 Å². The van der Waals surface area contributed by atoms with Gasteiger partial charge < -0.3 is 5.32 Å². The molecule has 0 spiro atoms. The maximum absolute atomic E-state index is 13.4. The number of sulfone groups is 1. The van der Waals surface area contributed by atoms with E-state index in [4.69, 9.17) is 0 Å². The maximum atomic E-state index is 13.4. The molecule has 1 unspecified atom stereocenters. The first-order valence-corrected chi connectivity index (χ1v) is 7.91. The summed E-state index contributed by atoms with van der Waals surface area (Å²) in [5.41, 5.74) is 0. The van der Waals surface area contributed by atoms with E-state index in [1.165, 1.54) is 0 Å². The number of nitrogens with one attached hydrogen (secondary N) is 1. The Balaban J connectivity index is 2.73. The van der Waals surface area contributed by atoms with E-state index in [2.05, 4.69) is 5.32 Å². The quantitative estimate of drug-likeness (QED) is 0.839. The highest BCUT2D eigenvalue weighted by Gasteiger charge is 2.20. The van der Waals surface area contributed by atoms with Gasteiger partial charge in [0.15, 0.2) is 9.84 Å². The van der Waals surface area contributed by atoms with Crippen LogP contribution >= 0.6 is 0 Å². The third-order valence-corrected chi connectivity index (χ3v) is 4.90. The van der Waals surface area contributed by atoms with Crippen LogP contribution in [-0.2, 0) is 9.84 Å². The summed E-state index contributed by atoms with van der Waals surface area (Å²) in [5, 5.41) is 3.07. The lowest BCUT2D eigenvalue weighted by Gasteiger charge is -2.13. The first kappa shape index (κ1) is 16.0. The molecule has 0 saturated carbocycles. The van der Waals surface area contributed by atoms with Crippen LogP contribution in [0.4, 0.5) is 8.78 Å². The van der Waals surface area contributed by atoms with Crippen molar-refractivity contribution in [2.24, 2.45) is 0 Å². The van der Waals surface area contributed by atoms with Crippen LogP contribution in [0.25, 0.3) is 0 Å². The Kier molecular flexibility index (Phi) is 5.87. The highest BCUT2D eigenvalue weighted by molar-refractivity contribution is 7.91. The summed E-state index contributed by atoms with van der Waals surface area (Å²) in [5.74, 6) is -1.82. The Hall–Kier alpha value is -1.01. The van der Waals surface area contributed by atoms with E-state index in [9.17, 15) is 17.2 Å². The third-order valence-electron chi connectivity index (χ3n) is 3.10. The number of benzene rings is 1. The molecule has 0 aliphatic rings. The number of hydrogen-bond donors (Lipinski definition) is 1. The molecule has 0 aliphatic heterocycles. The van der Waals surface area contributed by atoms with E-state index in [1.807, 2.05) is 14.0 Å². The molecule has 0 bridgehead atoms. The Morgan fingerprint density at radius 2 is 2.00 bits per heavy atom. The topological polar surface area (TPSA) is 46.2 Å². The van der Waals surface area contributed by atoms with E-state index in [-0.39, 0.29) is 11.8 Å². The largest absolute Gasteiger partial charge is 0.317 e. The second-order valence-electron chi connectivity index (χ2n) is 4.43. The molecule has 1 aromatic rings. The fourth-order valence-electron chi connectivity index (χ4n) is 1.90. The molecule has 0 aliphatic carbocycles. The zero-order valence-electron chi connectivity index (χ0n) is 11.1. The zero-order chi connectivity index (χ0) is 14.5. The van der Waals surface area contributed by atoms with E-state index in [0.29, 0.717) is 12.8 Å². The summed E-state index contributed by atoms with van der Waals surface area (Å²) < 4.78 is 50.3. The van der Waals surface area contributed by atoms with Gasteiger partial charge in [-0.25, -0.2) is 17.2 Å². The fraction of sp³-hybridized carbons (Fsp3) is 0.538. The van der Waals surface area contributed by atoms with Crippen molar-refractivity contribution in [3.63, 3.8) is 0 Å². The molecular weight excluding hydrogens is 272 g/mol. The molecule has 0 amide bonds. The summed E-state index contributed by atoms with van der Waals surface area (Å²) in [6, 6.07) is 2.72. The molecule has 1 aromatic carbocycles. The van der Waals surface area contributed by atoms with Crippen molar-refractivity contribution in [2.45, 2.75) is 37.1 Å². The molecule has 1 N–H and O–H groups in total. The monoisotopic (exact) mass is 291 g/mol. The maximum Gasteiger partial charge on any atom is 0.181 e. The molecule has 1 atom stereocenters. The molecule has 108 valence electrons. The Morgan fingerprint density at radius 3 is 2.58 bits per heavy atom. The molecule has 6 heteroatoms. The lowest BCUT2D eigenvalue weighted by Crippen LogP contribution is -2.24. The van der Waals surface area contributed by atoms with E-state index >= 15 is 0 Å². The molecule has 3 nitrogen and oxygen atoms in total. The summed E-state index contributed by atoms with van der Waals surface area (Å²) in [6.07, 6.45) is 1.99. The SMILES string of the molecule is CCC(CCCS(=O)(=O)c1cc(F)ccc1F)NC. The van der Waals surface area contributed by atoms with Gasteiger partial charge in [-0.2, -0.15) is 0 Å². The average Bonchev–Trinajstić information content (AvgIpc) is 2.37. The van der Waals surface area contributed by atoms with E-state index in [1.54, 1.807) is 0 Å². The predicted octanol–water partition coefficient (Wildman–Crippen LogP) is 2.52. The van der Waals surface area contributed by atoms with Crippen LogP contribution in [0, 0.1) is 11.6 Å². The second-order valence-corrected chi connectivity index (χ2v) is 6.51. The van der Waals surface area contributed by atoms with Gasteiger partial charge in [0.1, 0.15) is 16.5 Å². The Labute approximate surface area is 112 Å². The molecule has 0 fully saturated rings. The highest BCUT2D eigenvalue weighted by atomic mass is 32.2. The summed E-state index contributed by atoms with van der Waals surface area (Å²) in [6.45, 7) is 2.00. The predicted molar refractivity (Wildman–Crippen MR) is 70.8 cm³/mol. The summed E-state index contributed by atoms with van der Waals surface area (Å²) >= 11 is 0. The normalized spacial score (nSPS) is 13.5. The Bertz CT molecular complexity index is 513. The van der Waals surface area contributed by atoms with Crippen LogP contribution in [0.1, 0.15) is 26.2 Å². The lowest BCUT2D eigenvalue weighted by atomic mass is 10.1. The first-order valence-electron chi connectivity index (χ1n) is 6.25. The smallest absolute Gasteiger partial charge is 0.181 e. The van der Waals surface area contributed by atoms with Gasteiger partial charge in [0.2, 0.25) is 0 Å². The molecule has 0 heterocycles. The molecule has 0 radical (unpaired) electrons. The van der Waals surface area contributed by atoms with E-state index in [0.717, 1.165) is 24.6 Å². The average molecular weight is 291 g/mol. The number of hydrogen-bond acceptors (Lipinski definition) is 3. The van der Waals surface area contributed by atoms with Gasteiger partial charge in [-0.1, -0.05) is 6.92 Å². The van der Waals surface area contributed by atoms with Gasteiger partial charge in [0, 0.05) is 6.04 Å². The second kappa shape index (κ2) is 6.96. The van der Waals surface area contributed by atoms with Crippen LogP contribution in [0.5, 0.6) is 0 Å². The van der Waals surface area contributed by atoms with Crippen molar-refractivity contribution in [3.8, 4) is 0 Å². The summed E-state index contributed by atoms with van der Waals surface area (Å²) in [4.78, 5) is -0.551. The molecule has 0 saturated heterocycles. The van der Waals surface area contributed by atoms with Crippen molar-refractivity contribution in [3.05, 3.63) is 29.8 Å². The highest BCUT2D eigenvalue weighted by Crippen LogP contribution is 2.18. The zero-order valence-corrected chi connectivity index (χ0v) is 11.9. The summed E-state index contributed by atoms with van der Waals surface area (Å²) in [7, 11) is -1.95. The van der Waals surface area contributed by atoms with Gasteiger partial charge in [-0.05, 0) is 44.5 Å². The van der Waals surface area contributed by atoms with Gasteiger partial charge in [-0.3, -0.25) is 0 Å². The third kappa shape index (κ3) is 4.54. The Morgan fingerprint density at radius 1 is 1.32 bits per heavy atom. The van der Waals surface area contributed by atoms with Crippen molar-refractivity contribution < 1.29 is 17.2 Å². The van der Waals surface area contributed by atoms with Crippen LogP contribution in [0.2, 0.25) is 0 Å². The fourth-order valence-corrected chi connectivity index (χ4v) is 3.32. The van der Waals surface area contributed by atoms with E-state index < -0.39 is 26.4 Å². The molecule has 1 rings (SSSR count). The minimum atomic E-state index is -3.77.